The van der Waals surface area contributed by atoms with Crippen LogP contribution in [-0.2, 0) is 16.1 Å². The molecule has 2 amide bonds. The van der Waals surface area contributed by atoms with E-state index in [0.717, 1.165) is 38.8 Å². The van der Waals surface area contributed by atoms with E-state index in [9.17, 15) is 9.59 Å². The maximum atomic E-state index is 13.1. The fourth-order valence-electron chi connectivity index (χ4n) is 5.20. The SMILES string of the molecule is Cc1ccccc1N1CCC(Oc2ccc(NC(=O)[C@H]3CCCCN3C(=O)Cn3cnnn3)cc2Cl)CC1. The molecule has 1 aromatic heterocycles. The Balaban J connectivity index is 1.16. The maximum Gasteiger partial charge on any atom is 0.247 e. The number of piperidine rings is 2. The quantitative estimate of drug-likeness (QED) is 0.490. The van der Waals surface area contributed by atoms with Crippen molar-refractivity contribution in [2.75, 3.05) is 29.9 Å². The number of hydrogen-bond donors (Lipinski definition) is 1. The summed E-state index contributed by atoms with van der Waals surface area (Å²) in [4.78, 5) is 30.0. The lowest BCUT2D eigenvalue weighted by atomic mass is 10.0. The number of carbonyl (C=O) groups is 2. The van der Waals surface area contributed by atoms with Gasteiger partial charge in [-0.1, -0.05) is 29.8 Å². The van der Waals surface area contributed by atoms with Crippen LogP contribution in [-0.4, -0.2) is 68.7 Å². The molecular formula is C27H32ClN7O3. The Bertz CT molecular complexity index is 1260. The van der Waals surface area contributed by atoms with Crippen LogP contribution in [0.25, 0.3) is 0 Å². The summed E-state index contributed by atoms with van der Waals surface area (Å²) in [5.41, 5.74) is 3.12. The number of benzene rings is 2. The monoisotopic (exact) mass is 537 g/mol. The Morgan fingerprint density at radius 1 is 1.08 bits per heavy atom. The normalized spacial score (nSPS) is 18.3. The van der Waals surface area contributed by atoms with E-state index < -0.39 is 6.04 Å². The van der Waals surface area contributed by atoms with Crippen molar-refractivity contribution in [1.29, 1.82) is 0 Å². The van der Waals surface area contributed by atoms with Gasteiger partial charge in [-0.2, -0.15) is 0 Å². The van der Waals surface area contributed by atoms with Crippen molar-refractivity contribution in [3.05, 3.63) is 59.4 Å². The molecule has 2 aliphatic rings. The zero-order chi connectivity index (χ0) is 26.5. The second-order valence-electron chi connectivity index (χ2n) is 9.83. The van der Waals surface area contributed by atoms with Crippen LogP contribution in [0.15, 0.2) is 48.8 Å². The molecule has 2 aliphatic heterocycles. The van der Waals surface area contributed by atoms with Crippen molar-refractivity contribution in [3.8, 4) is 5.75 Å². The molecule has 1 N–H and O–H groups in total. The molecule has 2 saturated heterocycles. The van der Waals surface area contributed by atoms with Crippen LogP contribution in [0.1, 0.15) is 37.7 Å². The first-order valence-corrected chi connectivity index (χ1v) is 13.4. The predicted octanol–water partition coefficient (Wildman–Crippen LogP) is 3.70. The van der Waals surface area contributed by atoms with Crippen molar-refractivity contribution < 1.29 is 14.3 Å². The van der Waals surface area contributed by atoms with Gasteiger partial charge in [-0.25, -0.2) is 4.68 Å². The standard InChI is InChI=1S/C27H32ClN7O3/c1-19-6-2-3-7-23(19)33-14-11-21(12-15-33)38-25-10-9-20(16-22(25)28)30-27(37)24-8-4-5-13-35(24)26(36)17-34-18-29-31-32-34/h2-3,6-7,9-10,16,18,21,24H,4-5,8,11-15,17H2,1H3,(H,30,37)/t24-/m1/s1. The number of ether oxygens (including phenoxy) is 1. The lowest BCUT2D eigenvalue weighted by Gasteiger charge is -2.35. The number of aryl methyl sites for hydroxylation is 1. The molecule has 1 atom stereocenters. The first-order valence-electron chi connectivity index (χ1n) is 13.1. The van der Waals surface area contributed by atoms with Crippen molar-refractivity contribution in [2.24, 2.45) is 0 Å². The summed E-state index contributed by atoms with van der Waals surface area (Å²) >= 11 is 6.55. The number of nitrogens with zero attached hydrogens (tertiary/aromatic N) is 6. The van der Waals surface area contributed by atoms with E-state index in [0.29, 0.717) is 29.4 Å². The number of amides is 2. The molecule has 3 heterocycles. The highest BCUT2D eigenvalue weighted by molar-refractivity contribution is 6.32. The van der Waals surface area contributed by atoms with Crippen molar-refractivity contribution >= 4 is 34.8 Å². The molecule has 0 unspecified atom stereocenters. The first kappa shape index (κ1) is 26.0. The summed E-state index contributed by atoms with van der Waals surface area (Å²) in [5, 5.41) is 14.2. The molecule has 2 aromatic carbocycles. The zero-order valence-corrected chi connectivity index (χ0v) is 22.2. The molecule has 2 fully saturated rings. The Hall–Kier alpha value is -3.66. The summed E-state index contributed by atoms with van der Waals surface area (Å²) in [6.45, 7) is 4.50. The number of nitrogens with one attached hydrogen (secondary N) is 1. The summed E-state index contributed by atoms with van der Waals surface area (Å²) in [6.07, 6.45) is 5.60. The van der Waals surface area contributed by atoms with Gasteiger partial charge in [0.1, 0.15) is 30.8 Å². The second-order valence-corrected chi connectivity index (χ2v) is 10.2. The van der Waals surface area contributed by atoms with Gasteiger partial charge in [0.15, 0.2) is 0 Å². The molecule has 0 radical (unpaired) electrons. The van der Waals surface area contributed by atoms with Gasteiger partial charge in [0.05, 0.1) is 5.02 Å². The molecule has 38 heavy (non-hydrogen) atoms. The highest BCUT2D eigenvalue weighted by atomic mass is 35.5. The van der Waals surface area contributed by atoms with Crippen molar-refractivity contribution in [3.63, 3.8) is 0 Å². The van der Waals surface area contributed by atoms with Crippen LogP contribution in [0.2, 0.25) is 5.02 Å². The lowest BCUT2D eigenvalue weighted by molar-refractivity contribution is -0.141. The van der Waals surface area contributed by atoms with E-state index in [1.165, 1.54) is 22.3 Å². The summed E-state index contributed by atoms with van der Waals surface area (Å²) in [6, 6.07) is 13.2. The molecule has 3 aromatic rings. The van der Waals surface area contributed by atoms with Gasteiger partial charge >= 0.3 is 0 Å². The molecule has 5 rings (SSSR count). The minimum atomic E-state index is -0.555. The van der Waals surface area contributed by atoms with E-state index in [1.54, 1.807) is 23.1 Å². The Labute approximate surface area is 226 Å². The third-order valence-electron chi connectivity index (χ3n) is 7.21. The molecule has 0 saturated carbocycles. The Kier molecular flexibility index (Phi) is 8.07. The number of para-hydroxylation sites is 1. The number of hydrogen-bond acceptors (Lipinski definition) is 7. The molecule has 0 spiro atoms. The number of rotatable bonds is 7. The molecule has 11 heteroatoms. The molecular weight excluding hydrogens is 506 g/mol. The van der Waals surface area contributed by atoms with Crippen molar-refractivity contribution in [2.45, 2.75) is 57.7 Å². The van der Waals surface area contributed by atoms with E-state index >= 15 is 0 Å². The van der Waals surface area contributed by atoms with Crippen molar-refractivity contribution in [1.82, 2.24) is 25.1 Å². The predicted molar refractivity (Wildman–Crippen MR) is 144 cm³/mol. The van der Waals surface area contributed by atoms with Crippen LogP contribution in [0, 0.1) is 6.92 Å². The first-order chi connectivity index (χ1) is 18.5. The minimum Gasteiger partial charge on any atom is -0.489 e. The van der Waals surface area contributed by atoms with E-state index in [4.69, 9.17) is 16.3 Å². The molecule has 0 aliphatic carbocycles. The average Bonchev–Trinajstić information content (AvgIpc) is 3.44. The largest absolute Gasteiger partial charge is 0.489 e. The highest BCUT2D eigenvalue weighted by Gasteiger charge is 2.32. The Morgan fingerprint density at radius 3 is 2.63 bits per heavy atom. The smallest absolute Gasteiger partial charge is 0.247 e. The van der Waals surface area contributed by atoms with E-state index in [2.05, 4.69) is 56.9 Å². The third kappa shape index (κ3) is 6.07. The van der Waals surface area contributed by atoms with Crippen LogP contribution in [0.4, 0.5) is 11.4 Å². The second kappa shape index (κ2) is 11.8. The van der Waals surface area contributed by atoms with E-state index in [1.807, 2.05) is 0 Å². The summed E-state index contributed by atoms with van der Waals surface area (Å²) < 4.78 is 7.59. The summed E-state index contributed by atoms with van der Waals surface area (Å²) in [7, 11) is 0. The Morgan fingerprint density at radius 2 is 1.89 bits per heavy atom. The van der Waals surface area contributed by atoms with Gasteiger partial charge < -0.3 is 19.9 Å². The van der Waals surface area contributed by atoms with Gasteiger partial charge in [-0.05, 0) is 66.4 Å². The van der Waals surface area contributed by atoms with Crippen LogP contribution in [0.5, 0.6) is 5.75 Å². The number of likely N-dealkylation sites (tertiary alicyclic amines) is 1. The van der Waals surface area contributed by atoms with Gasteiger partial charge in [0.25, 0.3) is 0 Å². The minimum absolute atomic E-state index is 0.00146. The zero-order valence-electron chi connectivity index (χ0n) is 21.4. The van der Waals surface area contributed by atoms with Crippen LogP contribution in [0.3, 0.4) is 0 Å². The molecule has 200 valence electrons. The fourth-order valence-corrected chi connectivity index (χ4v) is 5.42. The maximum absolute atomic E-state index is 13.1. The topological polar surface area (TPSA) is 105 Å². The van der Waals surface area contributed by atoms with Gasteiger partial charge in [-0.3, -0.25) is 9.59 Å². The van der Waals surface area contributed by atoms with Gasteiger partial charge in [0.2, 0.25) is 11.8 Å². The third-order valence-corrected chi connectivity index (χ3v) is 7.50. The van der Waals surface area contributed by atoms with E-state index in [-0.39, 0.29) is 24.5 Å². The number of aromatic nitrogens is 4. The fraction of sp³-hybridized carbons (Fsp3) is 0.444. The average molecular weight is 538 g/mol. The van der Waals surface area contributed by atoms with Crippen LogP contribution >= 0.6 is 11.6 Å². The number of anilines is 2. The summed E-state index contributed by atoms with van der Waals surface area (Å²) in [5.74, 6) is 0.186. The number of tetrazole rings is 1. The lowest BCUT2D eigenvalue weighted by Crippen LogP contribution is -2.51. The highest BCUT2D eigenvalue weighted by Crippen LogP contribution is 2.32. The number of carbonyl (C=O) groups excluding carboxylic acids is 2. The number of halogens is 1. The van der Waals surface area contributed by atoms with Gasteiger partial charge in [-0.15, -0.1) is 5.10 Å². The van der Waals surface area contributed by atoms with Gasteiger partial charge in [0, 0.05) is 43.9 Å². The molecule has 10 nitrogen and oxygen atoms in total. The van der Waals surface area contributed by atoms with Crippen LogP contribution < -0.4 is 15.0 Å². The molecule has 0 bridgehead atoms.